The molecule has 0 radical (unpaired) electrons. The standard InChI is InChI=1S/C15H15Cl2NO/c1-15(18,10-4-3-5-11(16)8-10)13-9-12(17)6-7-14(13)19-2/h3-9H,18H2,1-2H3. The van der Waals surface area contributed by atoms with Crippen molar-refractivity contribution in [3.05, 3.63) is 63.6 Å². The molecule has 1 unspecified atom stereocenters. The highest BCUT2D eigenvalue weighted by Crippen LogP contribution is 2.35. The molecule has 1 atom stereocenters. The molecule has 2 nitrogen and oxygen atoms in total. The van der Waals surface area contributed by atoms with E-state index in [4.69, 9.17) is 33.7 Å². The average molecular weight is 296 g/mol. The van der Waals surface area contributed by atoms with Crippen LogP contribution in [0.5, 0.6) is 5.75 Å². The molecule has 2 N–H and O–H groups in total. The van der Waals surface area contributed by atoms with Crippen molar-refractivity contribution in [3.8, 4) is 5.75 Å². The molecule has 19 heavy (non-hydrogen) atoms. The second kappa shape index (κ2) is 5.41. The Morgan fingerprint density at radius 1 is 1.05 bits per heavy atom. The van der Waals surface area contributed by atoms with Gasteiger partial charge in [-0.1, -0.05) is 35.3 Å². The highest BCUT2D eigenvalue weighted by molar-refractivity contribution is 6.31. The number of hydrogen-bond acceptors (Lipinski definition) is 2. The zero-order valence-corrected chi connectivity index (χ0v) is 12.3. The Morgan fingerprint density at radius 3 is 2.37 bits per heavy atom. The smallest absolute Gasteiger partial charge is 0.124 e. The van der Waals surface area contributed by atoms with E-state index in [0.717, 1.165) is 11.1 Å². The van der Waals surface area contributed by atoms with Gasteiger partial charge in [-0.15, -0.1) is 0 Å². The van der Waals surface area contributed by atoms with Crippen LogP contribution in [-0.4, -0.2) is 7.11 Å². The van der Waals surface area contributed by atoms with Crippen molar-refractivity contribution >= 4 is 23.2 Å². The van der Waals surface area contributed by atoms with Crippen LogP contribution in [0.2, 0.25) is 10.0 Å². The number of ether oxygens (including phenoxy) is 1. The molecule has 0 aliphatic rings. The maximum atomic E-state index is 6.48. The van der Waals surface area contributed by atoms with Crippen molar-refractivity contribution in [2.45, 2.75) is 12.5 Å². The minimum atomic E-state index is -0.735. The quantitative estimate of drug-likeness (QED) is 0.920. The van der Waals surface area contributed by atoms with E-state index in [2.05, 4.69) is 0 Å². The van der Waals surface area contributed by atoms with Gasteiger partial charge in [0.1, 0.15) is 5.75 Å². The summed E-state index contributed by atoms with van der Waals surface area (Å²) in [6.07, 6.45) is 0. The Hall–Kier alpha value is -1.22. The number of rotatable bonds is 3. The second-order valence-corrected chi connectivity index (χ2v) is 5.43. The molecule has 0 fully saturated rings. The SMILES string of the molecule is COc1ccc(Cl)cc1C(C)(N)c1cccc(Cl)c1. The number of methoxy groups -OCH3 is 1. The van der Waals surface area contributed by atoms with Crippen molar-refractivity contribution < 1.29 is 4.74 Å². The Balaban J connectivity index is 2.58. The van der Waals surface area contributed by atoms with Crippen LogP contribution in [-0.2, 0) is 5.54 Å². The molecule has 2 aromatic carbocycles. The van der Waals surface area contributed by atoms with E-state index in [1.165, 1.54) is 0 Å². The van der Waals surface area contributed by atoms with Gasteiger partial charge < -0.3 is 10.5 Å². The maximum absolute atomic E-state index is 6.48. The van der Waals surface area contributed by atoms with Crippen LogP contribution in [0.15, 0.2) is 42.5 Å². The molecule has 0 saturated heterocycles. The molecule has 0 spiro atoms. The molecule has 0 amide bonds. The van der Waals surface area contributed by atoms with Crippen molar-refractivity contribution in [3.63, 3.8) is 0 Å². The van der Waals surface area contributed by atoms with Crippen LogP contribution in [0.25, 0.3) is 0 Å². The van der Waals surface area contributed by atoms with Crippen molar-refractivity contribution in [1.29, 1.82) is 0 Å². The molecule has 0 aliphatic heterocycles. The largest absolute Gasteiger partial charge is 0.496 e. The zero-order valence-electron chi connectivity index (χ0n) is 10.8. The van der Waals surface area contributed by atoms with Crippen molar-refractivity contribution in [2.24, 2.45) is 5.73 Å². The van der Waals surface area contributed by atoms with Gasteiger partial charge in [0.2, 0.25) is 0 Å². The summed E-state index contributed by atoms with van der Waals surface area (Å²) in [5, 5.41) is 1.27. The molecular formula is C15H15Cl2NO. The number of nitrogens with two attached hydrogens (primary N) is 1. The van der Waals surface area contributed by atoms with Crippen LogP contribution in [0.1, 0.15) is 18.1 Å². The van der Waals surface area contributed by atoms with Gasteiger partial charge in [-0.2, -0.15) is 0 Å². The van der Waals surface area contributed by atoms with E-state index in [9.17, 15) is 0 Å². The molecule has 2 aromatic rings. The Morgan fingerprint density at radius 2 is 1.74 bits per heavy atom. The zero-order chi connectivity index (χ0) is 14.0. The molecule has 4 heteroatoms. The summed E-state index contributed by atoms with van der Waals surface area (Å²) < 4.78 is 5.37. The Bertz CT molecular complexity index is 596. The third kappa shape index (κ3) is 2.86. The lowest BCUT2D eigenvalue weighted by atomic mass is 9.85. The van der Waals surface area contributed by atoms with Gasteiger partial charge in [0.25, 0.3) is 0 Å². The predicted octanol–water partition coefficient (Wildman–Crippen LogP) is 4.22. The lowest BCUT2D eigenvalue weighted by molar-refractivity contribution is 0.399. The molecule has 0 heterocycles. The lowest BCUT2D eigenvalue weighted by Gasteiger charge is -2.28. The van der Waals surface area contributed by atoms with Gasteiger partial charge >= 0.3 is 0 Å². The van der Waals surface area contributed by atoms with Gasteiger partial charge in [-0.05, 0) is 42.8 Å². The number of hydrogen-bond donors (Lipinski definition) is 1. The van der Waals surface area contributed by atoms with Crippen LogP contribution >= 0.6 is 23.2 Å². The predicted molar refractivity (Wildman–Crippen MR) is 80.1 cm³/mol. The van der Waals surface area contributed by atoms with E-state index in [1.807, 2.05) is 43.3 Å². The van der Waals surface area contributed by atoms with Gasteiger partial charge in [0.05, 0.1) is 12.6 Å². The second-order valence-electron chi connectivity index (χ2n) is 4.56. The molecule has 0 saturated carbocycles. The number of benzene rings is 2. The van der Waals surface area contributed by atoms with Gasteiger partial charge in [0.15, 0.2) is 0 Å². The first-order valence-electron chi connectivity index (χ1n) is 5.84. The summed E-state index contributed by atoms with van der Waals surface area (Å²) in [4.78, 5) is 0. The van der Waals surface area contributed by atoms with E-state index < -0.39 is 5.54 Å². The Kier molecular flexibility index (Phi) is 4.04. The normalized spacial score (nSPS) is 13.9. The fourth-order valence-electron chi connectivity index (χ4n) is 2.05. The monoisotopic (exact) mass is 295 g/mol. The van der Waals surface area contributed by atoms with Crippen molar-refractivity contribution in [1.82, 2.24) is 0 Å². The first-order chi connectivity index (χ1) is 8.95. The van der Waals surface area contributed by atoms with E-state index in [1.54, 1.807) is 13.2 Å². The van der Waals surface area contributed by atoms with Gasteiger partial charge in [0, 0.05) is 15.6 Å². The Labute approximate surface area is 123 Å². The summed E-state index contributed by atoms with van der Waals surface area (Å²) in [6, 6.07) is 12.9. The van der Waals surface area contributed by atoms with Gasteiger partial charge in [-0.3, -0.25) is 0 Å². The van der Waals surface area contributed by atoms with Crippen molar-refractivity contribution in [2.75, 3.05) is 7.11 Å². The lowest BCUT2D eigenvalue weighted by Crippen LogP contribution is -2.34. The molecule has 0 aromatic heterocycles. The first kappa shape index (κ1) is 14.2. The highest BCUT2D eigenvalue weighted by atomic mass is 35.5. The van der Waals surface area contributed by atoms with Gasteiger partial charge in [-0.25, -0.2) is 0 Å². The third-order valence-corrected chi connectivity index (χ3v) is 3.62. The van der Waals surface area contributed by atoms with Crippen LogP contribution in [0, 0.1) is 0 Å². The third-order valence-electron chi connectivity index (χ3n) is 3.15. The van der Waals surface area contributed by atoms with Crippen LogP contribution in [0.3, 0.4) is 0 Å². The summed E-state index contributed by atoms with van der Waals surface area (Å²) in [5.74, 6) is 0.703. The fraction of sp³-hybridized carbons (Fsp3) is 0.200. The van der Waals surface area contributed by atoms with E-state index >= 15 is 0 Å². The minimum Gasteiger partial charge on any atom is -0.496 e. The van der Waals surface area contributed by atoms with Crippen LogP contribution in [0.4, 0.5) is 0 Å². The molecule has 0 bridgehead atoms. The van der Waals surface area contributed by atoms with E-state index in [0.29, 0.717) is 15.8 Å². The minimum absolute atomic E-state index is 0.620. The summed E-state index contributed by atoms with van der Waals surface area (Å²) in [7, 11) is 1.61. The maximum Gasteiger partial charge on any atom is 0.124 e. The molecule has 0 aliphatic carbocycles. The average Bonchev–Trinajstić information content (AvgIpc) is 2.38. The molecule has 2 rings (SSSR count). The first-order valence-corrected chi connectivity index (χ1v) is 6.59. The topological polar surface area (TPSA) is 35.2 Å². The molecule has 100 valence electrons. The summed E-state index contributed by atoms with van der Waals surface area (Å²) >= 11 is 12.1. The highest BCUT2D eigenvalue weighted by Gasteiger charge is 2.27. The molecular weight excluding hydrogens is 281 g/mol. The van der Waals surface area contributed by atoms with E-state index in [-0.39, 0.29) is 0 Å². The van der Waals surface area contributed by atoms with Crippen LogP contribution < -0.4 is 10.5 Å². The summed E-state index contributed by atoms with van der Waals surface area (Å²) in [6.45, 7) is 1.91. The number of halogens is 2. The fourth-order valence-corrected chi connectivity index (χ4v) is 2.42. The summed E-state index contributed by atoms with van der Waals surface area (Å²) in [5.41, 5.74) is 7.47.